The lowest BCUT2D eigenvalue weighted by molar-refractivity contribution is -0.144. The molecule has 5 aliphatic carbocycles. The van der Waals surface area contributed by atoms with Crippen LogP contribution in [0, 0.1) is 44.8 Å². The van der Waals surface area contributed by atoms with E-state index in [9.17, 15) is 0 Å². The molecule has 0 bridgehead atoms. The van der Waals surface area contributed by atoms with E-state index in [2.05, 4.69) is 73.2 Å². The topological polar surface area (TPSA) is 33.3 Å². The van der Waals surface area contributed by atoms with Crippen molar-refractivity contribution in [2.45, 2.75) is 124 Å². The molecule has 5 rings (SSSR count). The fourth-order valence-electron chi connectivity index (χ4n) is 11.5. The van der Waals surface area contributed by atoms with Crippen LogP contribution in [0.1, 0.15) is 99.8 Å². The van der Waals surface area contributed by atoms with E-state index in [0.717, 1.165) is 11.8 Å². The van der Waals surface area contributed by atoms with E-state index < -0.39 is 0 Å². The van der Waals surface area contributed by atoms with E-state index in [1.165, 1.54) is 51.4 Å². The van der Waals surface area contributed by atoms with Crippen LogP contribution in [-0.4, -0.2) is 38.4 Å². The Morgan fingerprint density at radius 1 is 0.812 bits per heavy atom. The van der Waals surface area contributed by atoms with Crippen molar-refractivity contribution in [3.05, 3.63) is 0 Å². The Hall–Kier alpha value is -0.120. The molecule has 3 heteroatoms. The minimum absolute atomic E-state index is 0.313. The monoisotopic (exact) mass is 444 g/mol. The molecule has 0 amide bonds. The highest BCUT2D eigenvalue weighted by atomic mass is 16.5. The summed E-state index contributed by atoms with van der Waals surface area (Å²) in [6, 6.07) is 1.20. The number of fused-ring (bicyclic) bond motifs is 2. The first-order valence-corrected chi connectivity index (χ1v) is 13.9. The van der Waals surface area contributed by atoms with Crippen LogP contribution in [0.15, 0.2) is 0 Å². The van der Waals surface area contributed by atoms with Crippen molar-refractivity contribution < 1.29 is 4.74 Å². The molecule has 5 aliphatic rings. The quantitative estimate of drug-likeness (QED) is 0.543. The molecule has 0 heterocycles. The Kier molecular flexibility index (Phi) is 5.31. The van der Waals surface area contributed by atoms with Gasteiger partial charge in [-0.3, -0.25) is 0 Å². The fourth-order valence-corrected chi connectivity index (χ4v) is 11.5. The molecule has 0 aliphatic heterocycles. The lowest BCUT2D eigenvalue weighted by Gasteiger charge is -2.63. The zero-order chi connectivity index (χ0) is 23.3. The van der Waals surface area contributed by atoms with Crippen LogP contribution in [0.4, 0.5) is 0 Å². The van der Waals surface area contributed by atoms with Gasteiger partial charge in [0.25, 0.3) is 0 Å². The molecule has 0 aromatic carbocycles. The van der Waals surface area contributed by atoms with Crippen LogP contribution in [0.2, 0.25) is 0 Å². The maximum absolute atomic E-state index is 6.71. The summed E-state index contributed by atoms with van der Waals surface area (Å²) >= 11 is 0. The van der Waals surface area contributed by atoms with E-state index in [-0.39, 0.29) is 0 Å². The van der Waals surface area contributed by atoms with Crippen molar-refractivity contribution in [3.63, 3.8) is 0 Å². The zero-order valence-electron chi connectivity index (χ0n) is 22.6. The zero-order valence-corrected chi connectivity index (χ0v) is 22.6. The summed E-state index contributed by atoms with van der Waals surface area (Å²) in [5.41, 5.74) is 2.46. The van der Waals surface area contributed by atoms with Crippen LogP contribution in [-0.2, 0) is 4.74 Å². The Morgan fingerprint density at radius 3 is 2.09 bits per heavy atom. The highest BCUT2D eigenvalue weighted by Crippen LogP contribution is 2.89. The largest absolute Gasteiger partial charge is 0.375 e. The van der Waals surface area contributed by atoms with Gasteiger partial charge in [-0.1, -0.05) is 27.7 Å². The minimum Gasteiger partial charge on any atom is -0.375 e. The van der Waals surface area contributed by atoms with E-state index in [0.29, 0.717) is 57.3 Å². The van der Waals surface area contributed by atoms with Crippen LogP contribution in [0.25, 0.3) is 0 Å². The van der Waals surface area contributed by atoms with Gasteiger partial charge in [0, 0.05) is 18.0 Å². The summed E-state index contributed by atoms with van der Waals surface area (Å²) in [5, 5.41) is 7.36. The lowest BCUT2D eigenvalue weighted by atomic mass is 9.42. The van der Waals surface area contributed by atoms with Crippen molar-refractivity contribution in [1.29, 1.82) is 0 Å². The predicted octanol–water partition coefficient (Wildman–Crippen LogP) is 6.02. The summed E-state index contributed by atoms with van der Waals surface area (Å²) in [4.78, 5) is 0. The number of rotatable bonds is 5. The Morgan fingerprint density at radius 2 is 1.47 bits per heavy atom. The lowest BCUT2D eigenvalue weighted by Crippen LogP contribution is -2.59. The third kappa shape index (κ3) is 2.66. The van der Waals surface area contributed by atoms with E-state index in [1.807, 2.05) is 0 Å². The van der Waals surface area contributed by atoms with E-state index in [1.54, 1.807) is 0 Å². The maximum Gasteiger partial charge on any atom is 0.0632 e. The van der Waals surface area contributed by atoms with Crippen LogP contribution in [0.3, 0.4) is 0 Å². The predicted molar refractivity (Wildman–Crippen MR) is 134 cm³/mol. The summed E-state index contributed by atoms with van der Waals surface area (Å²) < 4.78 is 6.71. The smallest absolute Gasteiger partial charge is 0.0632 e. The van der Waals surface area contributed by atoms with Gasteiger partial charge in [-0.2, -0.15) is 0 Å². The van der Waals surface area contributed by atoms with Crippen LogP contribution in [0.5, 0.6) is 0 Å². The molecule has 0 unspecified atom stereocenters. The van der Waals surface area contributed by atoms with Crippen molar-refractivity contribution in [2.75, 3.05) is 14.1 Å². The van der Waals surface area contributed by atoms with Gasteiger partial charge in [0.05, 0.1) is 12.2 Å². The summed E-state index contributed by atoms with van der Waals surface area (Å²) in [7, 11) is 4.35. The number of ether oxygens (including phenoxy) is 1. The van der Waals surface area contributed by atoms with Crippen molar-refractivity contribution in [2.24, 2.45) is 44.8 Å². The van der Waals surface area contributed by atoms with E-state index >= 15 is 0 Å². The molecular formula is C29H52N2O. The molecule has 3 nitrogen and oxygen atoms in total. The van der Waals surface area contributed by atoms with Crippen molar-refractivity contribution >= 4 is 0 Å². The molecular weight excluding hydrogens is 392 g/mol. The third-order valence-corrected chi connectivity index (χ3v) is 13.0. The van der Waals surface area contributed by atoms with Crippen molar-refractivity contribution in [1.82, 2.24) is 10.6 Å². The third-order valence-electron chi connectivity index (χ3n) is 13.0. The van der Waals surface area contributed by atoms with Crippen LogP contribution < -0.4 is 10.6 Å². The van der Waals surface area contributed by atoms with Gasteiger partial charge >= 0.3 is 0 Å². The molecule has 32 heavy (non-hydrogen) atoms. The van der Waals surface area contributed by atoms with Gasteiger partial charge in [-0.25, -0.2) is 0 Å². The Labute approximate surface area is 198 Å². The average molecular weight is 445 g/mol. The Bertz CT molecular complexity index is 749. The highest BCUT2D eigenvalue weighted by Gasteiger charge is 2.82. The highest BCUT2D eigenvalue weighted by molar-refractivity contribution is 5.31. The first-order chi connectivity index (χ1) is 14.9. The normalized spacial score (nSPS) is 54.4. The molecule has 0 radical (unpaired) electrons. The second-order valence-corrected chi connectivity index (χ2v) is 14.2. The number of nitrogens with one attached hydrogen (secondary N) is 2. The van der Waals surface area contributed by atoms with E-state index in [4.69, 9.17) is 4.74 Å². The summed E-state index contributed by atoms with van der Waals surface area (Å²) in [6.45, 7) is 17.5. The minimum atomic E-state index is 0.313. The van der Waals surface area contributed by atoms with Gasteiger partial charge in [0.1, 0.15) is 0 Å². The molecule has 2 spiro atoms. The summed E-state index contributed by atoms with van der Waals surface area (Å²) in [6.07, 6.45) is 12.1. The average Bonchev–Trinajstić information content (AvgIpc) is 3.31. The number of hydrogen-bond acceptors (Lipinski definition) is 3. The standard InChI is InChI=1S/C29H52N2O/c1-18(2)32-20-16-27(7)22-11-10-21-25(4,5)23(31-9)12-13-28(21)17-29(22,28)15-14-26(27,6)24(20)19(3)30-8/h18-24,30-31H,10-17H2,1-9H3/t19-,20+,21-,22-,23-,24-,26+,27-,28+,29-/m0/s1. The van der Waals surface area contributed by atoms with Gasteiger partial charge in [-0.15, -0.1) is 0 Å². The molecule has 0 aromatic heterocycles. The van der Waals surface area contributed by atoms with Gasteiger partial charge in [-0.05, 0) is 125 Å². The van der Waals surface area contributed by atoms with Gasteiger partial charge in [0.2, 0.25) is 0 Å². The molecule has 10 atom stereocenters. The molecule has 5 saturated carbocycles. The molecule has 184 valence electrons. The molecule has 2 N–H and O–H groups in total. The first-order valence-electron chi connectivity index (χ1n) is 13.9. The molecule has 0 aromatic rings. The van der Waals surface area contributed by atoms with Crippen molar-refractivity contribution in [3.8, 4) is 0 Å². The van der Waals surface area contributed by atoms with Crippen LogP contribution >= 0.6 is 0 Å². The summed E-state index contributed by atoms with van der Waals surface area (Å²) in [5.74, 6) is 2.40. The second kappa shape index (κ2) is 7.20. The molecule has 0 saturated heterocycles. The first kappa shape index (κ1) is 23.6. The fraction of sp³-hybridized carbons (Fsp3) is 1.00. The van der Waals surface area contributed by atoms with Gasteiger partial charge in [0.15, 0.2) is 0 Å². The number of hydrogen-bond donors (Lipinski definition) is 2. The maximum atomic E-state index is 6.71. The molecule has 5 fully saturated rings. The van der Waals surface area contributed by atoms with Gasteiger partial charge < -0.3 is 15.4 Å². The Balaban J connectivity index is 1.52. The second-order valence-electron chi connectivity index (χ2n) is 14.2. The SMILES string of the molecule is CN[C@@H](C)[C@H]1[C@H](OC(C)C)C[C@@]2(C)[C@@H]3CC[C@H]4C(C)(C)[C@@H](NC)CC[C@@]45C[C@@]35CC[C@]12C.